The summed E-state index contributed by atoms with van der Waals surface area (Å²) in [6.07, 6.45) is 3.27. The van der Waals surface area contributed by atoms with Gasteiger partial charge in [0.05, 0.1) is 6.54 Å². The van der Waals surface area contributed by atoms with Crippen LogP contribution in [0.25, 0.3) is 0 Å². The van der Waals surface area contributed by atoms with Crippen LogP contribution in [-0.2, 0) is 6.42 Å². The molecule has 132 valence electrons. The van der Waals surface area contributed by atoms with E-state index >= 15 is 0 Å². The maximum absolute atomic E-state index is 5.13. The Hall–Kier alpha value is -0.860. The fourth-order valence-corrected chi connectivity index (χ4v) is 3.01. The normalized spacial score (nSPS) is 18.4. The Morgan fingerprint density at radius 1 is 1.48 bits per heavy atom. The molecule has 0 aromatic carbocycles. The number of guanidine groups is 1. The van der Waals surface area contributed by atoms with Crippen LogP contribution < -0.4 is 5.32 Å². The molecule has 2 heterocycles. The minimum atomic E-state index is 0. The van der Waals surface area contributed by atoms with Gasteiger partial charge in [0.15, 0.2) is 11.8 Å². The maximum atomic E-state index is 5.13. The third-order valence-corrected chi connectivity index (χ3v) is 3.88. The Kier molecular flexibility index (Phi) is 8.86. The zero-order valence-corrected chi connectivity index (χ0v) is 17.0. The van der Waals surface area contributed by atoms with Crippen molar-refractivity contribution in [2.24, 2.45) is 16.8 Å². The Morgan fingerprint density at radius 2 is 2.26 bits per heavy atom. The summed E-state index contributed by atoms with van der Waals surface area (Å²) in [6, 6.07) is 0. The number of nitrogens with zero attached hydrogens (tertiary/aromatic N) is 4. The lowest BCUT2D eigenvalue weighted by molar-refractivity contribution is 0.375. The van der Waals surface area contributed by atoms with Gasteiger partial charge in [0, 0.05) is 26.1 Å². The second kappa shape index (κ2) is 10.1. The van der Waals surface area contributed by atoms with Crippen molar-refractivity contribution < 1.29 is 4.52 Å². The Balaban J connectivity index is 0.00000264. The summed E-state index contributed by atoms with van der Waals surface area (Å²) in [7, 11) is 0. The molecule has 23 heavy (non-hydrogen) atoms. The molecule has 6 nitrogen and oxygen atoms in total. The Bertz CT molecular complexity index is 489. The molecule has 1 aromatic rings. The monoisotopic (exact) mass is 435 g/mol. The van der Waals surface area contributed by atoms with E-state index in [0.717, 1.165) is 37.4 Å². The van der Waals surface area contributed by atoms with Crippen molar-refractivity contribution in [1.82, 2.24) is 20.4 Å². The van der Waals surface area contributed by atoms with Gasteiger partial charge in [-0.1, -0.05) is 19.0 Å². The lowest BCUT2D eigenvalue weighted by atomic mass is 9.97. The lowest BCUT2D eigenvalue weighted by Gasteiger charge is -2.22. The van der Waals surface area contributed by atoms with E-state index in [1.54, 1.807) is 0 Å². The van der Waals surface area contributed by atoms with Crippen molar-refractivity contribution in [2.75, 3.05) is 26.2 Å². The molecule has 1 aromatic heterocycles. The molecule has 0 aliphatic carbocycles. The molecule has 0 saturated carbocycles. The summed E-state index contributed by atoms with van der Waals surface area (Å²) >= 11 is 0. The van der Waals surface area contributed by atoms with Crippen molar-refractivity contribution in [3.05, 3.63) is 11.7 Å². The number of hydrogen-bond donors (Lipinski definition) is 1. The number of aliphatic imine (C=N–C) groups is 1. The SMILES string of the molecule is CCNC(=NCCc1nc(C)no1)N1CCC(CC(C)C)C1.I. The minimum absolute atomic E-state index is 0. The molecule has 1 atom stereocenters. The average Bonchev–Trinajstić information content (AvgIpc) is 3.06. The third-order valence-electron chi connectivity index (χ3n) is 3.88. The van der Waals surface area contributed by atoms with E-state index in [1.165, 1.54) is 12.8 Å². The molecular formula is C16H30IN5O. The fraction of sp³-hybridized carbons (Fsp3) is 0.812. The van der Waals surface area contributed by atoms with Crippen molar-refractivity contribution >= 4 is 29.9 Å². The predicted octanol–water partition coefficient (Wildman–Crippen LogP) is 2.87. The second-order valence-corrected chi connectivity index (χ2v) is 6.45. The molecule has 0 radical (unpaired) electrons. The van der Waals surface area contributed by atoms with Gasteiger partial charge in [-0.2, -0.15) is 4.98 Å². The second-order valence-electron chi connectivity index (χ2n) is 6.45. The van der Waals surface area contributed by atoms with Gasteiger partial charge in [0.1, 0.15) is 0 Å². The van der Waals surface area contributed by atoms with Crippen LogP contribution in [0.3, 0.4) is 0 Å². The molecule has 1 saturated heterocycles. The van der Waals surface area contributed by atoms with Crippen LogP contribution in [-0.4, -0.2) is 47.2 Å². The number of aromatic nitrogens is 2. The summed E-state index contributed by atoms with van der Waals surface area (Å²) in [4.78, 5) is 11.3. The lowest BCUT2D eigenvalue weighted by Crippen LogP contribution is -2.40. The number of likely N-dealkylation sites (tertiary alicyclic amines) is 1. The summed E-state index contributed by atoms with van der Waals surface area (Å²) in [5, 5.41) is 7.20. The van der Waals surface area contributed by atoms with E-state index in [1.807, 2.05) is 6.92 Å². The van der Waals surface area contributed by atoms with Crippen molar-refractivity contribution in [1.29, 1.82) is 0 Å². The van der Waals surface area contributed by atoms with E-state index in [9.17, 15) is 0 Å². The highest BCUT2D eigenvalue weighted by Gasteiger charge is 2.25. The average molecular weight is 435 g/mol. The van der Waals surface area contributed by atoms with Gasteiger partial charge in [-0.3, -0.25) is 4.99 Å². The van der Waals surface area contributed by atoms with Gasteiger partial charge in [-0.15, -0.1) is 24.0 Å². The van der Waals surface area contributed by atoms with Crippen LogP contribution in [0, 0.1) is 18.8 Å². The first kappa shape index (κ1) is 20.2. The number of hydrogen-bond acceptors (Lipinski definition) is 4. The topological polar surface area (TPSA) is 66.5 Å². The van der Waals surface area contributed by atoms with Gasteiger partial charge in [0.25, 0.3) is 0 Å². The van der Waals surface area contributed by atoms with Crippen molar-refractivity contribution in [3.63, 3.8) is 0 Å². The minimum Gasteiger partial charge on any atom is -0.357 e. The maximum Gasteiger partial charge on any atom is 0.228 e. The van der Waals surface area contributed by atoms with Crippen LogP contribution in [0.1, 0.15) is 45.3 Å². The highest BCUT2D eigenvalue weighted by atomic mass is 127. The molecular weight excluding hydrogens is 405 g/mol. The summed E-state index contributed by atoms with van der Waals surface area (Å²) in [6.45, 7) is 12.3. The van der Waals surface area contributed by atoms with Crippen molar-refractivity contribution in [3.8, 4) is 0 Å². The van der Waals surface area contributed by atoms with Gasteiger partial charge in [0.2, 0.25) is 5.89 Å². The molecule has 1 aliphatic heterocycles. The molecule has 2 rings (SSSR count). The van der Waals surface area contributed by atoms with E-state index in [-0.39, 0.29) is 24.0 Å². The van der Waals surface area contributed by atoms with Crippen LogP contribution in [0.2, 0.25) is 0 Å². The molecule has 0 amide bonds. The van der Waals surface area contributed by atoms with Crippen molar-refractivity contribution in [2.45, 2.75) is 47.0 Å². The smallest absolute Gasteiger partial charge is 0.228 e. The van der Waals surface area contributed by atoms with Gasteiger partial charge < -0.3 is 14.7 Å². The highest BCUT2D eigenvalue weighted by molar-refractivity contribution is 14.0. The summed E-state index contributed by atoms with van der Waals surface area (Å²) < 4.78 is 5.13. The molecule has 1 fully saturated rings. The van der Waals surface area contributed by atoms with Gasteiger partial charge in [-0.25, -0.2) is 0 Å². The third kappa shape index (κ3) is 6.64. The highest BCUT2D eigenvalue weighted by Crippen LogP contribution is 2.23. The number of halogens is 1. The first-order chi connectivity index (χ1) is 10.6. The summed E-state index contributed by atoms with van der Waals surface area (Å²) in [5.41, 5.74) is 0. The van der Waals surface area contributed by atoms with Crippen LogP contribution in [0.4, 0.5) is 0 Å². The zero-order valence-electron chi connectivity index (χ0n) is 14.7. The summed E-state index contributed by atoms with van der Waals surface area (Å²) in [5.74, 6) is 3.93. The molecule has 7 heteroatoms. The van der Waals surface area contributed by atoms with E-state index in [0.29, 0.717) is 24.7 Å². The molecule has 1 N–H and O–H groups in total. The van der Waals surface area contributed by atoms with Gasteiger partial charge >= 0.3 is 0 Å². The Morgan fingerprint density at radius 3 is 2.87 bits per heavy atom. The number of aryl methyl sites for hydroxylation is 1. The van der Waals surface area contributed by atoms with E-state index in [2.05, 4.69) is 41.1 Å². The van der Waals surface area contributed by atoms with Crippen LogP contribution >= 0.6 is 24.0 Å². The first-order valence-electron chi connectivity index (χ1n) is 8.41. The number of nitrogens with one attached hydrogen (secondary N) is 1. The number of rotatable bonds is 6. The van der Waals surface area contributed by atoms with E-state index in [4.69, 9.17) is 9.52 Å². The van der Waals surface area contributed by atoms with E-state index < -0.39 is 0 Å². The molecule has 1 aliphatic rings. The quantitative estimate of drug-likeness (QED) is 0.423. The molecule has 1 unspecified atom stereocenters. The zero-order chi connectivity index (χ0) is 15.9. The fourth-order valence-electron chi connectivity index (χ4n) is 3.01. The standard InChI is InChI=1S/C16H29N5O.HI/c1-5-17-16(18-8-6-15-19-13(4)20-22-15)21-9-7-14(11-21)10-12(2)3;/h12,14H,5-11H2,1-4H3,(H,17,18);1H. The van der Waals surface area contributed by atoms with Gasteiger partial charge in [-0.05, 0) is 38.5 Å². The molecule has 0 spiro atoms. The predicted molar refractivity (Wildman–Crippen MR) is 103 cm³/mol. The first-order valence-corrected chi connectivity index (χ1v) is 8.41. The van der Waals surface area contributed by atoms with Crippen LogP contribution in [0.5, 0.6) is 0 Å². The Labute approximate surface area is 156 Å². The molecule has 0 bridgehead atoms. The van der Waals surface area contributed by atoms with Crippen LogP contribution in [0.15, 0.2) is 9.52 Å². The largest absolute Gasteiger partial charge is 0.357 e.